The number of halogens is 3. The summed E-state index contributed by atoms with van der Waals surface area (Å²) in [5.41, 5.74) is 2.62. The molecule has 1 saturated heterocycles. The molecule has 0 N–H and O–H groups in total. The molecule has 2 aromatic heterocycles. The number of rotatable bonds is 6. The molecular formula is C26H24F3N3OS. The zero-order chi connectivity index (χ0) is 23.5. The zero-order valence-corrected chi connectivity index (χ0v) is 19.3. The molecule has 0 unspecified atom stereocenters. The lowest BCUT2D eigenvalue weighted by atomic mass is 10.1. The van der Waals surface area contributed by atoms with Gasteiger partial charge in [0.05, 0.1) is 4.88 Å². The van der Waals surface area contributed by atoms with Crippen LogP contribution < -0.4 is 0 Å². The molecule has 0 spiro atoms. The van der Waals surface area contributed by atoms with E-state index in [2.05, 4.69) is 27.2 Å². The standard InChI is InChI=1S/C26H24F3N3OS/c27-26(28,29)23-21(19-7-3-1-4-8-19)17-22(34-23)25-30-24(31-33-25)20-11-9-18(10-12-20)13-16-32-14-5-2-6-15-32/h1,3-4,7-12,17H,2,5-6,13-16H2. The van der Waals surface area contributed by atoms with Gasteiger partial charge in [-0.25, -0.2) is 0 Å². The molecule has 8 heteroatoms. The summed E-state index contributed by atoms with van der Waals surface area (Å²) in [6.07, 6.45) is 0.395. The SMILES string of the molecule is FC(F)(F)c1sc(-c2nc(-c3ccc(CCN4CCCCC4)cc3)no2)cc1-c1ccccc1. The average molecular weight is 484 g/mol. The molecule has 1 aliphatic rings. The summed E-state index contributed by atoms with van der Waals surface area (Å²) >= 11 is 0.620. The van der Waals surface area contributed by atoms with Crippen LogP contribution in [0.2, 0.25) is 0 Å². The highest BCUT2D eigenvalue weighted by Crippen LogP contribution is 2.45. The predicted octanol–water partition coefficient (Wildman–Crippen LogP) is 7.18. The summed E-state index contributed by atoms with van der Waals surface area (Å²) in [4.78, 5) is 6.51. The van der Waals surface area contributed by atoms with Crippen molar-refractivity contribution in [2.75, 3.05) is 19.6 Å². The first-order chi connectivity index (χ1) is 16.5. The fourth-order valence-corrected chi connectivity index (χ4v) is 5.24. The van der Waals surface area contributed by atoms with E-state index in [-0.39, 0.29) is 11.5 Å². The minimum Gasteiger partial charge on any atom is -0.333 e. The highest BCUT2D eigenvalue weighted by atomic mass is 32.1. The van der Waals surface area contributed by atoms with Crippen LogP contribution >= 0.6 is 11.3 Å². The number of hydrogen-bond acceptors (Lipinski definition) is 5. The van der Waals surface area contributed by atoms with Crippen LogP contribution in [-0.2, 0) is 12.6 Å². The fourth-order valence-electron chi connectivity index (χ4n) is 4.27. The van der Waals surface area contributed by atoms with Crippen molar-refractivity contribution in [3.05, 3.63) is 71.1 Å². The molecule has 176 valence electrons. The molecule has 2 aromatic carbocycles. The first-order valence-electron chi connectivity index (χ1n) is 11.4. The number of likely N-dealkylation sites (tertiary alicyclic amines) is 1. The van der Waals surface area contributed by atoms with Gasteiger partial charge in [-0.15, -0.1) is 11.3 Å². The van der Waals surface area contributed by atoms with Crippen LogP contribution in [0.5, 0.6) is 0 Å². The van der Waals surface area contributed by atoms with Crippen molar-refractivity contribution >= 4 is 11.3 Å². The van der Waals surface area contributed by atoms with Crippen LogP contribution in [0.4, 0.5) is 13.2 Å². The van der Waals surface area contributed by atoms with E-state index in [4.69, 9.17) is 4.52 Å². The topological polar surface area (TPSA) is 42.2 Å². The van der Waals surface area contributed by atoms with Gasteiger partial charge in [-0.3, -0.25) is 0 Å². The van der Waals surface area contributed by atoms with Crippen LogP contribution in [-0.4, -0.2) is 34.7 Å². The molecule has 0 atom stereocenters. The third kappa shape index (κ3) is 5.08. The second kappa shape index (κ2) is 9.72. The molecule has 34 heavy (non-hydrogen) atoms. The maximum atomic E-state index is 13.7. The first-order valence-corrected chi connectivity index (χ1v) is 12.2. The molecule has 0 bridgehead atoms. The van der Waals surface area contributed by atoms with Gasteiger partial charge in [-0.2, -0.15) is 18.2 Å². The van der Waals surface area contributed by atoms with Crippen LogP contribution in [0.3, 0.4) is 0 Å². The second-order valence-electron chi connectivity index (χ2n) is 8.49. The van der Waals surface area contributed by atoms with Crippen LogP contribution in [0.1, 0.15) is 29.7 Å². The van der Waals surface area contributed by atoms with Crippen molar-refractivity contribution in [3.63, 3.8) is 0 Å². The first kappa shape index (κ1) is 22.8. The molecule has 4 aromatic rings. The maximum absolute atomic E-state index is 13.7. The third-order valence-corrected chi connectivity index (χ3v) is 7.26. The van der Waals surface area contributed by atoms with Crippen LogP contribution in [0, 0.1) is 0 Å². The van der Waals surface area contributed by atoms with Crippen molar-refractivity contribution < 1.29 is 17.7 Å². The smallest absolute Gasteiger partial charge is 0.333 e. The van der Waals surface area contributed by atoms with Gasteiger partial charge in [0.15, 0.2) is 0 Å². The number of hydrogen-bond donors (Lipinski definition) is 0. The summed E-state index contributed by atoms with van der Waals surface area (Å²) < 4.78 is 46.4. The molecular weight excluding hydrogens is 459 g/mol. The molecule has 3 heterocycles. The summed E-state index contributed by atoms with van der Waals surface area (Å²) in [7, 11) is 0. The third-order valence-electron chi connectivity index (χ3n) is 6.09. The Labute approximate surface area is 200 Å². The van der Waals surface area contributed by atoms with Gasteiger partial charge in [-0.1, -0.05) is 66.2 Å². The molecule has 0 radical (unpaired) electrons. The van der Waals surface area contributed by atoms with Crippen molar-refractivity contribution in [1.29, 1.82) is 0 Å². The van der Waals surface area contributed by atoms with Crippen molar-refractivity contribution in [3.8, 4) is 33.3 Å². The lowest BCUT2D eigenvalue weighted by molar-refractivity contribution is -0.133. The number of thiophene rings is 1. The average Bonchev–Trinajstić information content (AvgIpc) is 3.52. The quantitative estimate of drug-likeness (QED) is 0.291. The van der Waals surface area contributed by atoms with Gasteiger partial charge >= 0.3 is 6.18 Å². The Kier molecular flexibility index (Phi) is 6.52. The summed E-state index contributed by atoms with van der Waals surface area (Å²) in [5, 5.41) is 4.02. The van der Waals surface area contributed by atoms with Crippen LogP contribution in [0.25, 0.3) is 33.3 Å². The molecule has 0 saturated carbocycles. The van der Waals surface area contributed by atoms with Crippen LogP contribution in [0.15, 0.2) is 65.2 Å². The van der Waals surface area contributed by atoms with E-state index in [0.717, 1.165) is 18.5 Å². The monoisotopic (exact) mass is 483 g/mol. The second-order valence-corrected chi connectivity index (χ2v) is 9.54. The fraction of sp³-hybridized carbons (Fsp3) is 0.308. The Morgan fingerprint density at radius 3 is 2.35 bits per heavy atom. The van der Waals surface area contributed by atoms with Gasteiger partial charge in [0.25, 0.3) is 5.89 Å². The Morgan fingerprint density at radius 2 is 1.65 bits per heavy atom. The molecule has 1 aliphatic heterocycles. The number of alkyl halides is 3. The Bertz CT molecular complexity index is 1230. The van der Waals surface area contributed by atoms with E-state index >= 15 is 0 Å². The minimum absolute atomic E-state index is 0.0851. The summed E-state index contributed by atoms with van der Waals surface area (Å²) in [6, 6.07) is 18.0. The molecule has 4 nitrogen and oxygen atoms in total. The van der Waals surface area contributed by atoms with E-state index < -0.39 is 11.1 Å². The predicted molar refractivity (Wildman–Crippen MR) is 127 cm³/mol. The van der Waals surface area contributed by atoms with Crippen molar-refractivity contribution in [2.45, 2.75) is 31.9 Å². The van der Waals surface area contributed by atoms with E-state index in [9.17, 15) is 13.2 Å². The van der Waals surface area contributed by atoms with Crippen molar-refractivity contribution in [1.82, 2.24) is 15.0 Å². The maximum Gasteiger partial charge on any atom is 0.426 e. The molecule has 1 fully saturated rings. The lowest BCUT2D eigenvalue weighted by Gasteiger charge is -2.26. The number of nitrogens with zero attached hydrogens (tertiary/aromatic N) is 3. The highest BCUT2D eigenvalue weighted by molar-refractivity contribution is 7.16. The molecule has 5 rings (SSSR count). The van der Waals surface area contributed by atoms with E-state index in [0.29, 0.717) is 27.6 Å². The summed E-state index contributed by atoms with van der Waals surface area (Å²) in [6.45, 7) is 3.40. The van der Waals surface area contributed by atoms with E-state index in [1.165, 1.54) is 44.0 Å². The molecule has 0 aliphatic carbocycles. The van der Waals surface area contributed by atoms with Gasteiger partial charge in [0.2, 0.25) is 5.82 Å². The largest absolute Gasteiger partial charge is 0.426 e. The van der Waals surface area contributed by atoms with Crippen molar-refractivity contribution in [2.24, 2.45) is 0 Å². The highest BCUT2D eigenvalue weighted by Gasteiger charge is 2.37. The van der Waals surface area contributed by atoms with E-state index in [1.807, 2.05) is 12.1 Å². The van der Waals surface area contributed by atoms with E-state index in [1.54, 1.807) is 30.3 Å². The Morgan fingerprint density at radius 1 is 0.912 bits per heavy atom. The van der Waals surface area contributed by atoms with Gasteiger partial charge in [-0.05, 0) is 49.5 Å². The van der Waals surface area contributed by atoms with Gasteiger partial charge in [0.1, 0.15) is 4.88 Å². The van der Waals surface area contributed by atoms with Gasteiger partial charge < -0.3 is 9.42 Å². The number of piperidine rings is 1. The molecule has 0 amide bonds. The Balaban J connectivity index is 1.34. The normalized spacial score (nSPS) is 15.0. The zero-order valence-electron chi connectivity index (χ0n) is 18.5. The number of aromatic nitrogens is 2. The number of benzene rings is 2. The minimum atomic E-state index is -4.47. The summed E-state index contributed by atoms with van der Waals surface area (Å²) in [5.74, 6) is 0.447. The lowest BCUT2D eigenvalue weighted by Crippen LogP contribution is -2.31. The van der Waals surface area contributed by atoms with Gasteiger partial charge in [0, 0.05) is 17.7 Å². The Hall–Kier alpha value is -2.97.